The number of alkyl halides is 2. The summed E-state index contributed by atoms with van der Waals surface area (Å²) in [4.78, 5) is 1.68. The van der Waals surface area contributed by atoms with E-state index in [-0.39, 0.29) is 13.0 Å². The van der Waals surface area contributed by atoms with E-state index >= 15 is 0 Å². The van der Waals surface area contributed by atoms with Crippen molar-refractivity contribution in [2.75, 3.05) is 27.2 Å². The SMILES string of the molecule is CC.CN(C)C[C@@]1(CO)CC1(F)F. The normalized spacial score (nSPS) is 29.5. The molecule has 0 aliphatic heterocycles. The second-order valence-corrected chi connectivity index (χ2v) is 3.56. The first kappa shape index (κ1) is 12.8. The molecule has 1 N–H and O–H groups in total. The third-order valence-electron chi connectivity index (χ3n) is 2.13. The molecule has 1 saturated carbocycles. The van der Waals surface area contributed by atoms with Crippen molar-refractivity contribution in [1.29, 1.82) is 0 Å². The zero-order chi connectivity index (χ0) is 10.7. The first-order valence-corrected chi connectivity index (χ1v) is 4.57. The lowest BCUT2D eigenvalue weighted by Gasteiger charge is -2.17. The molecule has 1 aliphatic rings. The quantitative estimate of drug-likeness (QED) is 0.739. The smallest absolute Gasteiger partial charge is 0.258 e. The maximum absolute atomic E-state index is 12.6. The third kappa shape index (κ3) is 2.61. The molecule has 0 aromatic heterocycles. The minimum atomic E-state index is -2.65. The molecular formula is C9H19F2NO. The van der Waals surface area contributed by atoms with Crippen LogP contribution in [0.2, 0.25) is 0 Å². The number of aliphatic hydroxyl groups excluding tert-OH is 1. The molecule has 2 nitrogen and oxygen atoms in total. The fraction of sp³-hybridized carbons (Fsp3) is 1.00. The van der Waals surface area contributed by atoms with Crippen molar-refractivity contribution in [2.24, 2.45) is 5.41 Å². The van der Waals surface area contributed by atoms with Gasteiger partial charge >= 0.3 is 0 Å². The molecule has 0 heterocycles. The van der Waals surface area contributed by atoms with Crippen molar-refractivity contribution in [3.05, 3.63) is 0 Å². The first-order chi connectivity index (χ1) is 5.93. The second-order valence-electron chi connectivity index (χ2n) is 3.56. The molecular weight excluding hydrogens is 176 g/mol. The van der Waals surface area contributed by atoms with Crippen LogP contribution in [0.25, 0.3) is 0 Å². The van der Waals surface area contributed by atoms with E-state index in [4.69, 9.17) is 5.11 Å². The van der Waals surface area contributed by atoms with Gasteiger partial charge in [0.25, 0.3) is 5.92 Å². The van der Waals surface area contributed by atoms with Gasteiger partial charge in [-0.25, -0.2) is 8.78 Å². The fourth-order valence-corrected chi connectivity index (χ4v) is 1.38. The molecule has 4 heteroatoms. The van der Waals surface area contributed by atoms with Crippen LogP contribution in [0.3, 0.4) is 0 Å². The highest BCUT2D eigenvalue weighted by atomic mass is 19.3. The number of rotatable bonds is 3. The molecule has 1 aliphatic carbocycles. The molecule has 0 aromatic rings. The highest BCUT2D eigenvalue weighted by Gasteiger charge is 2.70. The maximum atomic E-state index is 12.6. The number of hydrogen-bond donors (Lipinski definition) is 1. The van der Waals surface area contributed by atoms with Crippen LogP contribution >= 0.6 is 0 Å². The molecule has 13 heavy (non-hydrogen) atoms. The van der Waals surface area contributed by atoms with E-state index in [0.29, 0.717) is 0 Å². The summed E-state index contributed by atoms with van der Waals surface area (Å²) in [6, 6.07) is 0. The van der Waals surface area contributed by atoms with Crippen molar-refractivity contribution in [3.8, 4) is 0 Å². The summed E-state index contributed by atoms with van der Waals surface area (Å²) in [5.41, 5.74) is -1.14. The van der Waals surface area contributed by atoms with Crippen LogP contribution in [0, 0.1) is 5.41 Å². The van der Waals surface area contributed by atoms with Crippen LogP contribution in [0.4, 0.5) is 8.78 Å². The van der Waals surface area contributed by atoms with Crippen LogP contribution in [0.5, 0.6) is 0 Å². The van der Waals surface area contributed by atoms with E-state index in [9.17, 15) is 8.78 Å². The van der Waals surface area contributed by atoms with Crippen molar-refractivity contribution in [2.45, 2.75) is 26.2 Å². The number of halogens is 2. The Morgan fingerprint density at radius 1 is 1.31 bits per heavy atom. The van der Waals surface area contributed by atoms with Gasteiger partial charge in [0.15, 0.2) is 0 Å². The summed E-state index contributed by atoms with van der Waals surface area (Å²) in [5.74, 6) is -2.65. The minimum Gasteiger partial charge on any atom is -0.396 e. The summed E-state index contributed by atoms with van der Waals surface area (Å²) in [5, 5.41) is 8.73. The molecule has 0 aromatic carbocycles. The molecule has 0 spiro atoms. The summed E-state index contributed by atoms with van der Waals surface area (Å²) in [6.45, 7) is 3.84. The van der Waals surface area contributed by atoms with Gasteiger partial charge in [-0.15, -0.1) is 0 Å². The van der Waals surface area contributed by atoms with Crippen molar-refractivity contribution in [1.82, 2.24) is 4.90 Å². The third-order valence-corrected chi connectivity index (χ3v) is 2.13. The Hall–Kier alpha value is -0.220. The van der Waals surface area contributed by atoms with Crippen LogP contribution in [-0.4, -0.2) is 43.2 Å². The molecule has 1 atom stereocenters. The predicted molar refractivity (Wildman–Crippen MR) is 49.0 cm³/mol. The molecule has 0 amide bonds. The standard InChI is InChI=1S/C7H13F2NO.C2H6/c1-10(2)4-6(5-11)3-7(6,8)9;1-2/h11H,3-5H2,1-2H3;1-2H3/t6-;/m1./s1. The van der Waals surface area contributed by atoms with E-state index in [2.05, 4.69) is 0 Å². The van der Waals surface area contributed by atoms with Crippen LogP contribution in [0.15, 0.2) is 0 Å². The molecule has 1 fully saturated rings. The van der Waals surface area contributed by atoms with Crippen LogP contribution in [-0.2, 0) is 0 Å². The van der Waals surface area contributed by atoms with Gasteiger partial charge in [0, 0.05) is 13.0 Å². The molecule has 80 valence electrons. The van der Waals surface area contributed by atoms with E-state index in [0.717, 1.165) is 0 Å². The lowest BCUT2D eigenvalue weighted by molar-refractivity contribution is 0.0252. The van der Waals surface area contributed by atoms with Crippen molar-refractivity contribution in [3.63, 3.8) is 0 Å². The van der Waals surface area contributed by atoms with Gasteiger partial charge in [-0.2, -0.15) is 0 Å². The summed E-state index contributed by atoms with van der Waals surface area (Å²) in [6.07, 6.45) is -0.172. The minimum absolute atomic E-state index is 0.172. The fourth-order valence-electron chi connectivity index (χ4n) is 1.38. The largest absolute Gasteiger partial charge is 0.396 e. The zero-order valence-corrected chi connectivity index (χ0v) is 8.77. The van der Waals surface area contributed by atoms with E-state index in [1.807, 2.05) is 13.8 Å². The van der Waals surface area contributed by atoms with Gasteiger partial charge in [0.2, 0.25) is 0 Å². The molecule has 1 rings (SSSR count). The van der Waals surface area contributed by atoms with Crippen molar-refractivity contribution >= 4 is 0 Å². The van der Waals surface area contributed by atoms with Gasteiger partial charge < -0.3 is 10.0 Å². The van der Waals surface area contributed by atoms with Crippen LogP contribution < -0.4 is 0 Å². The van der Waals surface area contributed by atoms with Gasteiger partial charge in [-0.3, -0.25) is 0 Å². The Morgan fingerprint density at radius 2 is 1.69 bits per heavy atom. The predicted octanol–water partition coefficient (Wildman–Crippen LogP) is 1.59. The highest BCUT2D eigenvalue weighted by Crippen LogP contribution is 2.60. The monoisotopic (exact) mass is 195 g/mol. The molecule has 0 unspecified atom stereocenters. The van der Waals surface area contributed by atoms with Crippen molar-refractivity contribution < 1.29 is 13.9 Å². The van der Waals surface area contributed by atoms with E-state index < -0.39 is 17.9 Å². The Kier molecular flexibility index (Phi) is 4.26. The van der Waals surface area contributed by atoms with E-state index in [1.54, 1.807) is 19.0 Å². The summed E-state index contributed by atoms with van der Waals surface area (Å²) >= 11 is 0. The number of nitrogens with zero attached hydrogens (tertiary/aromatic N) is 1. The van der Waals surface area contributed by atoms with Gasteiger partial charge in [-0.05, 0) is 14.1 Å². The number of aliphatic hydroxyl groups is 1. The van der Waals surface area contributed by atoms with Gasteiger partial charge in [0.05, 0.1) is 12.0 Å². The Labute approximate surface area is 78.5 Å². The Bertz CT molecular complexity index is 162. The topological polar surface area (TPSA) is 23.5 Å². The zero-order valence-electron chi connectivity index (χ0n) is 8.77. The van der Waals surface area contributed by atoms with E-state index in [1.165, 1.54) is 0 Å². The maximum Gasteiger partial charge on any atom is 0.258 e. The Balaban J connectivity index is 0.000000671. The molecule has 0 saturated heterocycles. The highest BCUT2D eigenvalue weighted by molar-refractivity contribution is 5.10. The summed E-state index contributed by atoms with van der Waals surface area (Å²) in [7, 11) is 3.46. The summed E-state index contributed by atoms with van der Waals surface area (Å²) < 4.78 is 25.3. The van der Waals surface area contributed by atoms with Crippen LogP contribution in [0.1, 0.15) is 20.3 Å². The van der Waals surface area contributed by atoms with Gasteiger partial charge in [0.1, 0.15) is 0 Å². The molecule has 0 radical (unpaired) electrons. The first-order valence-electron chi connectivity index (χ1n) is 4.57. The molecule has 0 bridgehead atoms. The average Bonchev–Trinajstić information content (AvgIpc) is 2.57. The van der Waals surface area contributed by atoms with Gasteiger partial charge in [-0.1, -0.05) is 13.8 Å². The lowest BCUT2D eigenvalue weighted by Crippen LogP contribution is -2.30. The number of hydrogen-bond acceptors (Lipinski definition) is 2. The second kappa shape index (κ2) is 4.33. The lowest BCUT2D eigenvalue weighted by atomic mass is 10.1. The average molecular weight is 195 g/mol. The Morgan fingerprint density at radius 3 is 1.77 bits per heavy atom.